The molecular formula is C36H38N2O7S. The number of benzene rings is 3. The van der Waals surface area contributed by atoms with Crippen LogP contribution in [0.25, 0.3) is 16.0 Å². The number of nitrogens with zero attached hydrogens (tertiary/aromatic N) is 2. The van der Waals surface area contributed by atoms with Crippen LogP contribution >= 0.6 is 11.3 Å². The van der Waals surface area contributed by atoms with Gasteiger partial charge in [-0.25, -0.2) is 4.98 Å². The minimum atomic E-state index is -0.969. The van der Waals surface area contributed by atoms with E-state index in [0.717, 1.165) is 35.3 Å². The molecule has 2 atom stereocenters. The summed E-state index contributed by atoms with van der Waals surface area (Å²) in [6.07, 6.45) is 3.74. The molecule has 2 aliphatic heterocycles. The maximum atomic E-state index is 13.9. The quantitative estimate of drug-likeness (QED) is 0.0728. The highest BCUT2D eigenvalue weighted by Crippen LogP contribution is 2.46. The molecule has 10 heteroatoms. The fourth-order valence-corrected chi connectivity index (χ4v) is 6.96. The molecule has 2 aliphatic rings. The van der Waals surface area contributed by atoms with Crippen LogP contribution in [0.3, 0.4) is 0 Å². The average molecular weight is 643 g/mol. The number of carbonyl (C=O) groups excluding carboxylic acids is 2. The van der Waals surface area contributed by atoms with Gasteiger partial charge in [0.1, 0.15) is 23.4 Å². The number of carbonyl (C=O) groups is 2. The molecule has 46 heavy (non-hydrogen) atoms. The normalized spacial score (nSPS) is 18.6. The van der Waals surface area contributed by atoms with Crippen LogP contribution in [-0.4, -0.2) is 47.7 Å². The van der Waals surface area contributed by atoms with Crippen molar-refractivity contribution in [1.82, 2.24) is 4.98 Å². The van der Waals surface area contributed by atoms with Crippen molar-refractivity contribution in [3.63, 3.8) is 0 Å². The van der Waals surface area contributed by atoms with Gasteiger partial charge in [0.05, 0.1) is 41.7 Å². The number of thiazole rings is 1. The van der Waals surface area contributed by atoms with Crippen LogP contribution in [0.4, 0.5) is 5.13 Å². The van der Waals surface area contributed by atoms with Crippen LogP contribution in [0.2, 0.25) is 0 Å². The van der Waals surface area contributed by atoms with Gasteiger partial charge in [0.2, 0.25) is 0 Å². The van der Waals surface area contributed by atoms with Crippen LogP contribution in [0.15, 0.2) is 60.2 Å². The third-order valence-corrected chi connectivity index (χ3v) is 9.09. The van der Waals surface area contributed by atoms with Gasteiger partial charge in [-0.2, -0.15) is 0 Å². The molecule has 0 radical (unpaired) electrons. The lowest BCUT2D eigenvalue weighted by molar-refractivity contribution is -0.132. The molecule has 6 rings (SSSR count). The van der Waals surface area contributed by atoms with Gasteiger partial charge in [-0.05, 0) is 86.8 Å². The Morgan fingerprint density at radius 2 is 1.80 bits per heavy atom. The largest absolute Gasteiger partial charge is 0.507 e. The molecule has 240 valence electrons. The average Bonchev–Trinajstić information content (AvgIpc) is 3.71. The van der Waals surface area contributed by atoms with Gasteiger partial charge in [0.15, 0.2) is 16.6 Å². The SMILES string of the molecule is CCCCCOc1ccc(C2/C(=C(/O)c3ccc4c(c3)CC(C)O4)C(=O)C(=O)N2c2nc3ccc(OCC)cc3s2)cc1OCC. The predicted octanol–water partition coefficient (Wildman–Crippen LogP) is 7.61. The highest BCUT2D eigenvalue weighted by atomic mass is 32.1. The second-order valence-corrected chi connectivity index (χ2v) is 12.4. The van der Waals surface area contributed by atoms with Crippen LogP contribution in [0.1, 0.15) is 69.7 Å². The Balaban J connectivity index is 1.48. The summed E-state index contributed by atoms with van der Waals surface area (Å²) >= 11 is 1.28. The second kappa shape index (κ2) is 13.4. The van der Waals surface area contributed by atoms with E-state index in [1.54, 1.807) is 24.3 Å². The van der Waals surface area contributed by atoms with Gasteiger partial charge < -0.3 is 24.1 Å². The maximum absolute atomic E-state index is 13.9. The molecule has 9 nitrogen and oxygen atoms in total. The summed E-state index contributed by atoms with van der Waals surface area (Å²) in [7, 11) is 0. The van der Waals surface area contributed by atoms with Crippen LogP contribution < -0.4 is 23.8 Å². The molecule has 3 aromatic carbocycles. The monoisotopic (exact) mass is 642 g/mol. The van der Waals surface area contributed by atoms with Crippen molar-refractivity contribution in [3.05, 3.63) is 76.9 Å². The molecule has 0 bridgehead atoms. The number of aliphatic hydroxyl groups excluding tert-OH is 1. The number of rotatable bonds is 12. The molecule has 1 fully saturated rings. The first-order chi connectivity index (χ1) is 22.3. The van der Waals surface area contributed by atoms with Crippen molar-refractivity contribution in [2.24, 2.45) is 0 Å². The molecule has 1 N–H and O–H groups in total. The van der Waals surface area contributed by atoms with Crippen LogP contribution in [0, 0.1) is 0 Å². The van der Waals surface area contributed by atoms with E-state index in [2.05, 4.69) is 6.92 Å². The second-order valence-electron chi connectivity index (χ2n) is 11.4. The fraction of sp³-hybridized carbons (Fsp3) is 0.361. The number of unbranched alkanes of at least 4 members (excludes halogenated alkanes) is 2. The Bertz CT molecular complexity index is 1810. The molecule has 1 aromatic heterocycles. The Hall–Kier alpha value is -4.57. The van der Waals surface area contributed by atoms with Gasteiger partial charge in [-0.15, -0.1) is 0 Å². The van der Waals surface area contributed by atoms with E-state index < -0.39 is 17.7 Å². The van der Waals surface area contributed by atoms with E-state index in [1.165, 1.54) is 16.2 Å². The topological polar surface area (TPSA) is 107 Å². The summed E-state index contributed by atoms with van der Waals surface area (Å²) in [6.45, 7) is 9.36. The van der Waals surface area contributed by atoms with E-state index in [9.17, 15) is 14.7 Å². The predicted molar refractivity (Wildman–Crippen MR) is 178 cm³/mol. The van der Waals surface area contributed by atoms with E-state index in [1.807, 2.05) is 51.1 Å². The third kappa shape index (κ3) is 6.01. The molecule has 0 aliphatic carbocycles. The number of aromatic nitrogens is 1. The number of hydrogen-bond acceptors (Lipinski definition) is 9. The summed E-state index contributed by atoms with van der Waals surface area (Å²) in [5, 5.41) is 12.1. The summed E-state index contributed by atoms with van der Waals surface area (Å²) < 4.78 is 24.4. The van der Waals surface area contributed by atoms with Crippen molar-refractivity contribution >= 4 is 44.1 Å². The van der Waals surface area contributed by atoms with E-state index in [-0.39, 0.29) is 17.4 Å². The number of ketones is 1. The first-order valence-corrected chi connectivity index (χ1v) is 16.7. The minimum absolute atomic E-state index is 0.0138. The van der Waals surface area contributed by atoms with Gasteiger partial charge in [0.25, 0.3) is 5.78 Å². The summed E-state index contributed by atoms with van der Waals surface area (Å²) in [5.74, 6) is 0.691. The zero-order valence-electron chi connectivity index (χ0n) is 26.5. The number of fused-ring (bicyclic) bond motifs is 2. The molecule has 3 heterocycles. The van der Waals surface area contributed by atoms with Crippen LogP contribution in [-0.2, 0) is 16.0 Å². The minimum Gasteiger partial charge on any atom is -0.507 e. The summed E-state index contributed by atoms with van der Waals surface area (Å²) in [5.41, 5.74) is 2.60. The fourth-order valence-electron chi connectivity index (χ4n) is 5.94. The van der Waals surface area contributed by atoms with E-state index in [4.69, 9.17) is 23.9 Å². The van der Waals surface area contributed by atoms with Crippen molar-refractivity contribution in [2.45, 2.75) is 65.5 Å². The summed E-state index contributed by atoms with van der Waals surface area (Å²) in [6, 6.07) is 15.3. The molecular weight excluding hydrogens is 604 g/mol. The van der Waals surface area contributed by atoms with Gasteiger partial charge in [0, 0.05) is 12.0 Å². The highest BCUT2D eigenvalue weighted by molar-refractivity contribution is 7.22. The van der Waals surface area contributed by atoms with Gasteiger partial charge >= 0.3 is 5.91 Å². The lowest BCUT2D eigenvalue weighted by atomic mass is 9.94. The Labute approximate surface area is 272 Å². The number of hydrogen-bond donors (Lipinski definition) is 1. The zero-order chi connectivity index (χ0) is 32.4. The molecule has 2 unspecified atom stereocenters. The first-order valence-electron chi connectivity index (χ1n) is 15.9. The summed E-state index contributed by atoms with van der Waals surface area (Å²) in [4.78, 5) is 33.9. The van der Waals surface area contributed by atoms with Gasteiger partial charge in [-0.3, -0.25) is 14.5 Å². The molecule has 1 saturated heterocycles. The van der Waals surface area contributed by atoms with Crippen LogP contribution in [0.5, 0.6) is 23.0 Å². The maximum Gasteiger partial charge on any atom is 0.301 e. The smallest absolute Gasteiger partial charge is 0.301 e. The number of anilines is 1. The number of aliphatic hydroxyl groups is 1. The zero-order valence-corrected chi connectivity index (χ0v) is 27.3. The lowest BCUT2D eigenvalue weighted by Crippen LogP contribution is -2.29. The molecule has 4 aromatic rings. The number of Topliss-reactive ketones (excluding diaryl/α,β-unsaturated/α-hetero) is 1. The lowest BCUT2D eigenvalue weighted by Gasteiger charge is -2.24. The van der Waals surface area contributed by atoms with Crippen molar-refractivity contribution in [3.8, 4) is 23.0 Å². The number of ether oxygens (including phenoxy) is 4. The Kier molecular flexibility index (Phi) is 9.17. The molecule has 0 saturated carbocycles. The van der Waals surface area contributed by atoms with E-state index >= 15 is 0 Å². The Morgan fingerprint density at radius 1 is 0.978 bits per heavy atom. The molecule has 0 spiro atoms. The highest BCUT2D eigenvalue weighted by Gasteiger charge is 2.48. The van der Waals surface area contributed by atoms with Crippen molar-refractivity contribution < 1.29 is 33.6 Å². The first kappa shape index (κ1) is 31.4. The van der Waals surface area contributed by atoms with Crippen molar-refractivity contribution in [2.75, 3.05) is 24.7 Å². The molecule has 1 amide bonds. The van der Waals surface area contributed by atoms with Gasteiger partial charge in [-0.1, -0.05) is 37.2 Å². The number of amides is 1. The Morgan fingerprint density at radius 3 is 2.59 bits per heavy atom. The standard InChI is InChI=1S/C36H38N2O7S/c1-5-8-9-16-44-28-15-10-22(19-29(28)43-7-3)32-31(33(39)23-11-14-27-24(18-23)17-21(4)45-27)34(40)35(41)38(32)36-37-26-13-12-25(42-6-2)20-30(26)46-36/h10-15,18-21,32,39H,5-9,16-17H2,1-4H3/b33-31-. The third-order valence-electron chi connectivity index (χ3n) is 8.07. The van der Waals surface area contributed by atoms with Crippen molar-refractivity contribution in [1.29, 1.82) is 0 Å². The van der Waals surface area contributed by atoms with E-state index in [0.29, 0.717) is 65.3 Å².